The Kier molecular flexibility index (Phi) is 4.93. The maximum absolute atomic E-state index is 12.5. The summed E-state index contributed by atoms with van der Waals surface area (Å²) in [4.78, 5) is 39.6. The number of H-pyrrole nitrogens is 2. The Morgan fingerprint density at radius 2 is 2.12 bits per heavy atom. The average Bonchev–Trinajstić information content (AvgIpc) is 3.11. The fourth-order valence-corrected chi connectivity index (χ4v) is 4.08. The van der Waals surface area contributed by atoms with Gasteiger partial charge in [0.15, 0.2) is 11.1 Å². The van der Waals surface area contributed by atoms with Crippen LogP contribution in [0.3, 0.4) is 0 Å². The fourth-order valence-electron chi connectivity index (χ4n) is 3.24. The minimum absolute atomic E-state index is 0.228. The summed E-state index contributed by atoms with van der Waals surface area (Å²) in [5.41, 5.74) is 0.940. The first-order chi connectivity index (χ1) is 15.7. The van der Waals surface area contributed by atoms with E-state index < -0.39 is 11.3 Å². The van der Waals surface area contributed by atoms with E-state index in [4.69, 9.17) is 14.7 Å². The first-order valence-corrected chi connectivity index (χ1v) is 11.3. The topological polar surface area (TPSA) is 138 Å². The molecule has 4 heterocycles. The smallest absolute Gasteiger partial charge is 0.348 e. The molecular formula is C22H22N6O4S. The van der Waals surface area contributed by atoms with Crippen LogP contribution in [0.15, 0.2) is 34.2 Å². The number of nitrogens with zero attached hydrogens (tertiary/aromatic N) is 4. The van der Waals surface area contributed by atoms with Gasteiger partial charge >= 0.3 is 11.7 Å². The summed E-state index contributed by atoms with van der Waals surface area (Å²) >= 11 is 1.29. The Bertz CT molecular complexity index is 1550. The number of aromatic nitrogens is 5. The number of carbonyl (C=O) groups excluding carboxylic acids is 1. The van der Waals surface area contributed by atoms with Crippen molar-refractivity contribution in [1.29, 1.82) is 0 Å². The van der Waals surface area contributed by atoms with Gasteiger partial charge in [0.25, 0.3) is 0 Å². The third-order valence-corrected chi connectivity index (χ3v) is 5.92. The maximum Gasteiger partial charge on any atom is 0.348 e. The Hall–Kier alpha value is -3.73. The molecule has 0 aromatic carbocycles. The van der Waals surface area contributed by atoms with Gasteiger partial charge in [0, 0.05) is 11.3 Å². The zero-order chi connectivity index (χ0) is 23.3. The summed E-state index contributed by atoms with van der Waals surface area (Å²) in [7, 11) is 0. The highest BCUT2D eigenvalue weighted by molar-refractivity contribution is 7.17. The SMILES string of the molecule is CC(C)(C)OC(=O)c1ccc(-c2cc(=NC3CC3)n3nc/c(=C\c4[nH]c(=O)[nH]c4O)c3n2)s1. The number of fused-ring (bicyclic) bond motifs is 1. The van der Waals surface area contributed by atoms with Crippen LogP contribution in [0.2, 0.25) is 0 Å². The van der Waals surface area contributed by atoms with Crippen LogP contribution in [0.25, 0.3) is 22.3 Å². The van der Waals surface area contributed by atoms with E-state index in [2.05, 4.69) is 15.1 Å². The molecule has 1 fully saturated rings. The Labute approximate surface area is 191 Å². The van der Waals surface area contributed by atoms with Crippen molar-refractivity contribution >= 4 is 29.0 Å². The minimum atomic E-state index is -0.582. The van der Waals surface area contributed by atoms with Crippen molar-refractivity contribution in [2.75, 3.05) is 0 Å². The summed E-state index contributed by atoms with van der Waals surface area (Å²) in [6.45, 7) is 5.48. The molecule has 4 aromatic heterocycles. The monoisotopic (exact) mass is 466 g/mol. The zero-order valence-electron chi connectivity index (χ0n) is 18.2. The van der Waals surface area contributed by atoms with Gasteiger partial charge in [0.05, 0.1) is 22.8 Å². The fraction of sp³-hybridized carbons (Fsp3) is 0.318. The molecule has 0 bridgehead atoms. The summed E-state index contributed by atoms with van der Waals surface area (Å²) in [5.74, 6) is -0.647. The van der Waals surface area contributed by atoms with Crippen molar-refractivity contribution in [3.05, 3.63) is 56.2 Å². The minimum Gasteiger partial charge on any atom is -0.493 e. The molecule has 1 aliphatic carbocycles. The molecule has 0 radical (unpaired) electrons. The first-order valence-electron chi connectivity index (χ1n) is 10.5. The largest absolute Gasteiger partial charge is 0.493 e. The van der Waals surface area contributed by atoms with Crippen molar-refractivity contribution in [3.63, 3.8) is 0 Å². The maximum atomic E-state index is 12.5. The predicted molar refractivity (Wildman–Crippen MR) is 122 cm³/mol. The van der Waals surface area contributed by atoms with Crippen LogP contribution in [0.5, 0.6) is 5.88 Å². The second-order valence-electron chi connectivity index (χ2n) is 8.85. The van der Waals surface area contributed by atoms with Gasteiger partial charge in [-0.3, -0.25) is 9.98 Å². The van der Waals surface area contributed by atoms with E-state index in [1.54, 1.807) is 22.9 Å². The number of ether oxygens (including phenoxy) is 1. The van der Waals surface area contributed by atoms with E-state index in [1.165, 1.54) is 11.3 Å². The zero-order valence-corrected chi connectivity index (χ0v) is 19.1. The van der Waals surface area contributed by atoms with Gasteiger partial charge in [-0.15, -0.1) is 11.3 Å². The van der Waals surface area contributed by atoms with Gasteiger partial charge in [0.2, 0.25) is 5.88 Å². The predicted octanol–water partition coefficient (Wildman–Crippen LogP) is 1.75. The van der Waals surface area contributed by atoms with Crippen LogP contribution >= 0.6 is 11.3 Å². The van der Waals surface area contributed by atoms with E-state index in [0.29, 0.717) is 26.9 Å². The lowest BCUT2D eigenvalue weighted by Crippen LogP contribution is -2.23. The van der Waals surface area contributed by atoms with Crippen LogP contribution in [0.1, 0.15) is 49.0 Å². The van der Waals surface area contributed by atoms with Crippen molar-refractivity contribution in [3.8, 4) is 16.5 Å². The third kappa shape index (κ3) is 4.44. The van der Waals surface area contributed by atoms with Crippen LogP contribution < -0.4 is 16.4 Å². The molecule has 170 valence electrons. The van der Waals surface area contributed by atoms with E-state index in [1.807, 2.05) is 32.9 Å². The normalized spacial score (nSPS) is 15.5. The van der Waals surface area contributed by atoms with Gasteiger partial charge in [-0.2, -0.15) is 9.61 Å². The molecule has 0 unspecified atom stereocenters. The molecule has 1 aliphatic rings. The van der Waals surface area contributed by atoms with Crippen LogP contribution in [0, 0.1) is 0 Å². The molecule has 0 atom stereocenters. The van der Waals surface area contributed by atoms with E-state index in [-0.39, 0.29) is 23.6 Å². The molecule has 0 spiro atoms. The van der Waals surface area contributed by atoms with Gasteiger partial charge in [-0.25, -0.2) is 14.6 Å². The molecular weight excluding hydrogens is 444 g/mol. The number of nitrogens with one attached hydrogen (secondary N) is 2. The quantitative estimate of drug-likeness (QED) is 0.392. The number of imidazole rings is 1. The molecule has 0 saturated heterocycles. The highest BCUT2D eigenvalue weighted by atomic mass is 32.1. The number of aromatic hydroxyl groups is 1. The van der Waals surface area contributed by atoms with Gasteiger partial charge < -0.3 is 14.8 Å². The molecule has 11 heteroatoms. The number of rotatable bonds is 4. The van der Waals surface area contributed by atoms with E-state index in [9.17, 15) is 14.7 Å². The molecule has 0 aliphatic heterocycles. The van der Waals surface area contributed by atoms with Gasteiger partial charge in [-0.1, -0.05) is 0 Å². The van der Waals surface area contributed by atoms with Gasteiger partial charge in [0.1, 0.15) is 16.2 Å². The number of esters is 1. The number of hydrogen-bond acceptors (Lipinski definition) is 8. The average molecular weight is 467 g/mol. The van der Waals surface area contributed by atoms with E-state index in [0.717, 1.165) is 17.7 Å². The molecule has 4 aromatic rings. The highest BCUT2D eigenvalue weighted by Crippen LogP contribution is 2.28. The number of aromatic amines is 2. The summed E-state index contributed by atoms with van der Waals surface area (Å²) in [6, 6.07) is 5.66. The summed E-state index contributed by atoms with van der Waals surface area (Å²) in [5, 5.41) is 14.9. The number of thiophene rings is 1. The summed E-state index contributed by atoms with van der Waals surface area (Å²) < 4.78 is 7.11. The third-order valence-electron chi connectivity index (χ3n) is 4.84. The first kappa shape index (κ1) is 21.1. The van der Waals surface area contributed by atoms with Crippen molar-refractivity contribution in [2.45, 2.75) is 45.3 Å². The van der Waals surface area contributed by atoms with Gasteiger partial charge in [-0.05, 0) is 51.8 Å². The molecule has 10 nitrogen and oxygen atoms in total. The Balaban J connectivity index is 1.64. The van der Waals surface area contributed by atoms with Crippen molar-refractivity contribution in [2.24, 2.45) is 4.99 Å². The van der Waals surface area contributed by atoms with Crippen molar-refractivity contribution in [1.82, 2.24) is 24.6 Å². The summed E-state index contributed by atoms with van der Waals surface area (Å²) in [6.07, 6.45) is 5.25. The molecule has 0 amide bonds. The molecule has 33 heavy (non-hydrogen) atoms. The molecule has 3 N–H and O–H groups in total. The van der Waals surface area contributed by atoms with E-state index >= 15 is 0 Å². The number of hydrogen-bond donors (Lipinski definition) is 3. The highest BCUT2D eigenvalue weighted by Gasteiger charge is 2.22. The second-order valence-corrected chi connectivity index (χ2v) is 9.93. The number of carbonyl (C=O) groups is 1. The van der Waals surface area contributed by atoms with Crippen LogP contribution in [0.4, 0.5) is 0 Å². The molecule has 5 rings (SSSR count). The standard InChI is InChI=1S/C22H22N6O4S/c1-22(2,3)32-20(30)16-7-6-15(33-16)13-9-17(24-12-4-5-12)28-18(25-13)11(10-23-28)8-14-19(29)27-21(31)26-14/h6-10,12,29H,4-5H2,1-3H3,(H2,26,27,31)/b11-8+,24-17?. The van der Waals surface area contributed by atoms with Crippen LogP contribution in [-0.4, -0.2) is 47.3 Å². The lowest BCUT2D eigenvalue weighted by Gasteiger charge is -2.18. The van der Waals surface area contributed by atoms with Crippen molar-refractivity contribution < 1.29 is 14.6 Å². The molecule has 1 saturated carbocycles. The van der Waals surface area contributed by atoms with Crippen LogP contribution in [-0.2, 0) is 4.74 Å². The Morgan fingerprint density at radius 1 is 1.33 bits per heavy atom. The second kappa shape index (κ2) is 7.69. The Morgan fingerprint density at radius 3 is 2.79 bits per heavy atom. The lowest BCUT2D eigenvalue weighted by atomic mass is 10.2. The lowest BCUT2D eigenvalue weighted by molar-refractivity contribution is 0.00752.